The Hall–Kier alpha value is -1.04. The average Bonchev–Trinajstić information content (AvgIpc) is 2.62. The summed E-state index contributed by atoms with van der Waals surface area (Å²) in [6.45, 7) is 42.0. The number of aryl methyl sites for hydroxylation is 1. The van der Waals surface area contributed by atoms with E-state index in [1.165, 1.54) is 29.5 Å². The van der Waals surface area contributed by atoms with Crippen LogP contribution >= 0.6 is 0 Å². The smallest absolute Gasteiger partial charge is 0.0195 e. The Kier molecular flexibility index (Phi) is 8.31. The molecule has 1 aliphatic rings. The number of benzene rings is 1. The van der Waals surface area contributed by atoms with Crippen molar-refractivity contribution < 1.29 is 0 Å². The number of hydrogen-bond acceptors (Lipinski definition) is 0. The SMILES string of the molecule is Cc1ccccc1C1(C(C)(C)CC(C)(C)C)C=C(C(C)(C)C)[CH]C(C(C)(C)C)(C(C)(C)CC(C)(C)C)C1. The Morgan fingerprint density at radius 2 is 1.11 bits per heavy atom. The molecule has 1 aromatic carbocycles. The van der Waals surface area contributed by atoms with Crippen LogP contribution in [0.1, 0.15) is 141 Å². The summed E-state index contributed by atoms with van der Waals surface area (Å²) in [6, 6.07) is 9.28. The van der Waals surface area contributed by atoms with Crippen LogP contribution in [0.25, 0.3) is 0 Å². The summed E-state index contributed by atoms with van der Waals surface area (Å²) < 4.78 is 0. The quantitative estimate of drug-likeness (QED) is 0.371. The standard InChI is InChI=1S/C37H63/c1-27-20-18-19-21-29(27)36(34(14,15)24-30(2,3)4)22-28(32(8,9)10)23-37(26-36,33(11,12)13)35(16,17)25-31(5,6)7/h18-23H,24-26H2,1-17H3. The maximum atomic E-state index is 2.77. The van der Waals surface area contributed by atoms with E-state index in [2.05, 4.69) is 154 Å². The second kappa shape index (κ2) is 9.55. The van der Waals surface area contributed by atoms with Crippen LogP contribution in [0.15, 0.2) is 35.9 Å². The molecule has 0 spiro atoms. The van der Waals surface area contributed by atoms with Gasteiger partial charge in [-0.3, -0.25) is 0 Å². The van der Waals surface area contributed by atoms with Gasteiger partial charge in [-0.25, -0.2) is 0 Å². The Morgan fingerprint density at radius 1 is 0.649 bits per heavy atom. The number of rotatable bonds is 5. The Bertz CT molecular complexity index is 971. The Morgan fingerprint density at radius 3 is 1.51 bits per heavy atom. The van der Waals surface area contributed by atoms with Crippen molar-refractivity contribution in [2.24, 2.45) is 37.9 Å². The summed E-state index contributed by atoms with van der Waals surface area (Å²) in [4.78, 5) is 0. The first kappa shape index (κ1) is 32.2. The summed E-state index contributed by atoms with van der Waals surface area (Å²) in [6.07, 6.45) is 9.01. The summed E-state index contributed by atoms with van der Waals surface area (Å²) >= 11 is 0. The third kappa shape index (κ3) is 6.41. The molecule has 0 aliphatic heterocycles. The Labute approximate surface area is 233 Å². The molecule has 2 rings (SSSR count). The summed E-state index contributed by atoms with van der Waals surface area (Å²) in [5.41, 5.74) is 5.25. The molecule has 0 amide bonds. The first-order valence-corrected chi connectivity index (χ1v) is 14.9. The van der Waals surface area contributed by atoms with Crippen LogP contribution in [0.2, 0.25) is 0 Å². The van der Waals surface area contributed by atoms with Gasteiger partial charge < -0.3 is 0 Å². The predicted octanol–water partition coefficient (Wildman–Crippen LogP) is 11.8. The van der Waals surface area contributed by atoms with Gasteiger partial charge in [-0.05, 0) is 81.6 Å². The molecule has 37 heavy (non-hydrogen) atoms. The molecule has 0 fully saturated rings. The van der Waals surface area contributed by atoms with E-state index < -0.39 is 0 Å². The fourth-order valence-electron chi connectivity index (χ4n) is 8.49. The molecule has 0 nitrogen and oxygen atoms in total. The molecular formula is C37H63. The molecule has 2 atom stereocenters. The van der Waals surface area contributed by atoms with E-state index in [1.807, 2.05) is 0 Å². The van der Waals surface area contributed by atoms with Crippen LogP contribution in [0.5, 0.6) is 0 Å². The summed E-state index contributed by atoms with van der Waals surface area (Å²) in [5, 5.41) is 0. The predicted molar refractivity (Wildman–Crippen MR) is 167 cm³/mol. The highest BCUT2D eigenvalue weighted by atomic mass is 14.7. The van der Waals surface area contributed by atoms with Gasteiger partial charge in [-0.1, -0.05) is 147 Å². The van der Waals surface area contributed by atoms with Crippen molar-refractivity contribution >= 4 is 0 Å². The van der Waals surface area contributed by atoms with Gasteiger partial charge in [-0.2, -0.15) is 0 Å². The van der Waals surface area contributed by atoms with Crippen molar-refractivity contribution in [3.63, 3.8) is 0 Å². The van der Waals surface area contributed by atoms with E-state index in [0.717, 1.165) is 6.42 Å². The van der Waals surface area contributed by atoms with Crippen LogP contribution in [0, 0.1) is 51.2 Å². The number of hydrogen-bond donors (Lipinski definition) is 0. The molecule has 0 N–H and O–H groups in total. The van der Waals surface area contributed by atoms with Gasteiger partial charge in [0.25, 0.3) is 0 Å². The van der Waals surface area contributed by atoms with Crippen LogP contribution in [0.3, 0.4) is 0 Å². The first-order valence-electron chi connectivity index (χ1n) is 14.9. The normalized spacial score (nSPS) is 24.7. The van der Waals surface area contributed by atoms with Gasteiger partial charge in [0.2, 0.25) is 0 Å². The van der Waals surface area contributed by atoms with Crippen molar-refractivity contribution in [2.75, 3.05) is 0 Å². The lowest BCUT2D eigenvalue weighted by Gasteiger charge is -2.65. The molecular weight excluding hydrogens is 444 g/mol. The second-order valence-corrected chi connectivity index (χ2v) is 18.4. The van der Waals surface area contributed by atoms with Gasteiger partial charge in [0.1, 0.15) is 0 Å². The van der Waals surface area contributed by atoms with Crippen LogP contribution < -0.4 is 0 Å². The highest BCUT2D eigenvalue weighted by molar-refractivity contribution is 5.48. The van der Waals surface area contributed by atoms with E-state index >= 15 is 0 Å². The van der Waals surface area contributed by atoms with Crippen molar-refractivity contribution in [3.05, 3.63) is 53.5 Å². The van der Waals surface area contributed by atoms with Gasteiger partial charge in [0.05, 0.1) is 0 Å². The van der Waals surface area contributed by atoms with Crippen molar-refractivity contribution in [3.8, 4) is 0 Å². The summed E-state index contributed by atoms with van der Waals surface area (Å²) in [5.74, 6) is 0. The lowest BCUT2D eigenvalue weighted by molar-refractivity contribution is -0.0769. The highest BCUT2D eigenvalue weighted by Gasteiger charge is 2.62. The van der Waals surface area contributed by atoms with E-state index in [-0.39, 0.29) is 43.3 Å². The minimum atomic E-state index is -0.0780. The molecule has 2 unspecified atom stereocenters. The third-order valence-electron chi connectivity index (χ3n) is 9.55. The zero-order valence-corrected chi connectivity index (χ0v) is 28.1. The van der Waals surface area contributed by atoms with Crippen molar-refractivity contribution in [1.82, 2.24) is 0 Å². The monoisotopic (exact) mass is 507 g/mol. The zero-order chi connectivity index (χ0) is 29.1. The molecule has 0 heteroatoms. The van der Waals surface area contributed by atoms with E-state index in [9.17, 15) is 0 Å². The first-order chi connectivity index (χ1) is 16.2. The lowest BCUT2D eigenvalue weighted by atomic mass is 9.38. The minimum absolute atomic E-state index is 0.0160. The molecule has 1 aliphatic carbocycles. The van der Waals surface area contributed by atoms with E-state index in [1.54, 1.807) is 0 Å². The summed E-state index contributed by atoms with van der Waals surface area (Å²) in [7, 11) is 0. The van der Waals surface area contributed by atoms with Gasteiger partial charge in [-0.15, -0.1) is 0 Å². The molecule has 1 aromatic rings. The van der Waals surface area contributed by atoms with Crippen LogP contribution in [-0.2, 0) is 5.41 Å². The van der Waals surface area contributed by atoms with Crippen molar-refractivity contribution in [2.45, 2.75) is 142 Å². The molecule has 0 heterocycles. The van der Waals surface area contributed by atoms with E-state index in [0.29, 0.717) is 0 Å². The maximum absolute atomic E-state index is 2.77. The molecule has 211 valence electrons. The topological polar surface area (TPSA) is 0 Å². The van der Waals surface area contributed by atoms with E-state index in [4.69, 9.17) is 0 Å². The average molecular weight is 508 g/mol. The van der Waals surface area contributed by atoms with Gasteiger partial charge in [0, 0.05) is 5.41 Å². The third-order valence-corrected chi connectivity index (χ3v) is 9.55. The van der Waals surface area contributed by atoms with Crippen LogP contribution in [0.4, 0.5) is 0 Å². The Balaban J connectivity index is 3.12. The fraction of sp³-hybridized carbons (Fsp3) is 0.757. The van der Waals surface area contributed by atoms with Crippen LogP contribution in [-0.4, -0.2) is 0 Å². The minimum Gasteiger partial charge on any atom is -0.0733 e. The molecule has 1 radical (unpaired) electrons. The maximum Gasteiger partial charge on any atom is 0.0195 e. The van der Waals surface area contributed by atoms with Crippen molar-refractivity contribution in [1.29, 1.82) is 0 Å². The lowest BCUT2D eigenvalue weighted by Crippen LogP contribution is -2.59. The highest BCUT2D eigenvalue weighted by Crippen LogP contribution is 2.69. The molecule has 0 saturated heterocycles. The molecule has 0 saturated carbocycles. The largest absolute Gasteiger partial charge is 0.0733 e. The van der Waals surface area contributed by atoms with Gasteiger partial charge >= 0.3 is 0 Å². The fourth-order valence-corrected chi connectivity index (χ4v) is 8.49. The van der Waals surface area contributed by atoms with Gasteiger partial charge in [0.15, 0.2) is 0 Å². The zero-order valence-electron chi connectivity index (χ0n) is 28.1. The molecule has 0 aromatic heterocycles. The number of allylic oxidation sites excluding steroid dienone is 2. The second-order valence-electron chi connectivity index (χ2n) is 18.4. The molecule has 0 bridgehead atoms.